The first-order valence-electron chi connectivity index (χ1n) is 7.52. The molecule has 0 radical (unpaired) electrons. The number of aliphatic hydroxyl groups excluding tert-OH is 3. The molecule has 162 valence electrons. The minimum atomic E-state index is -5.49. The van der Waals surface area contributed by atoms with Gasteiger partial charge in [-0.2, -0.15) is 9.29 Å². The molecule has 0 saturated carbocycles. The van der Waals surface area contributed by atoms with Gasteiger partial charge in [0.05, 0.1) is 12.9 Å². The highest BCUT2D eigenvalue weighted by Crippen LogP contribution is 2.55. The molecule has 0 aromatic carbocycles. The summed E-state index contributed by atoms with van der Waals surface area (Å²) in [7, 11) is -10.9. The molecule has 1 aliphatic heterocycles. The summed E-state index contributed by atoms with van der Waals surface area (Å²) in [6.07, 6.45) is -4.43. The summed E-state index contributed by atoms with van der Waals surface area (Å²) in [6, 6.07) is 0. The van der Waals surface area contributed by atoms with E-state index in [0.717, 1.165) is 10.9 Å². The molecule has 2 aromatic rings. The standard InChI is InChI=1S/C10H15N5O12P2/c11-10-13-7-4(8(19)15(10)26-29(23,24)27-28(20,21)22)12-2-14(7)9-6(18)5(17)3(1-16)25-9/h2-3,5-6,9,16-18H,1H2,(H2,11,13)(H,23,24)(H2,20,21,22)/t3-,5?,6?,9-/m1/s1. The summed E-state index contributed by atoms with van der Waals surface area (Å²) in [5, 5.41) is 29.1. The fourth-order valence-corrected chi connectivity index (χ4v) is 4.16. The SMILES string of the molecule is Nc1nc2c(ncn2[C@@H]2O[C@H](CO)C(O)C2O)c(=O)n1OP(=O)(O)OP(=O)(O)O. The monoisotopic (exact) mass is 459 g/mol. The third-order valence-corrected chi connectivity index (χ3v) is 5.81. The number of imidazole rings is 1. The molecule has 3 heterocycles. The number of nitrogen functional groups attached to an aromatic ring is 1. The van der Waals surface area contributed by atoms with Gasteiger partial charge in [-0.15, -0.1) is 0 Å². The number of fused-ring (bicyclic) bond motifs is 1. The summed E-state index contributed by atoms with van der Waals surface area (Å²) < 4.78 is 36.4. The lowest BCUT2D eigenvalue weighted by Crippen LogP contribution is -2.33. The van der Waals surface area contributed by atoms with Crippen LogP contribution in [0.5, 0.6) is 0 Å². The van der Waals surface area contributed by atoms with Crippen molar-refractivity contribution in [2.45, 2.75) is 24.5 Å². The Labute approximate surface area is 159 Å². The van der Waals surface area contributed by atoms with Crippen molar-refractivity contribution in [1.29, 1.82) is 0 Å². The highest BCUT2D eigenvalue weighted by atomic mass is 31.3. The molecule has 1 saturated heterocycles. The van der Waals surface area contributed by atoms with Crippen LogP contribution in [-0.2, 0) is 18.2 Å². The van der Waals surface area contributed by atoms with Crippen molar-refractivity contribution < 1.29 is 52.8 Å². The van der Waals surface area contributed by atoms with E-state index in [1.165, 1.54) is 0 Å². The highest BCUT2D eigenvalue weighted by Gasteiger charge is 2.44. The summed E-state index contributed by atoms with van der Waals surface area (Å²) in [4.78, 5) is 46.5. The molecule has 2 aromatic heterocycles. The Morgan fingerprint density at radius 3 is 2.45 bits per heavy atom. The van der Waals surface area contributed by atoms with E-state index < -0.39 is 63.8 Å². The van der Waals surface area contributed by atoms with E-state index in [1.54, 1.807) is 0 Å². The number of nitrogens with zero attached hydrogens (tertiary/aromatic N) is 4. The van der Waals surface area contributed by atoms with Crippen LogP contribution in [0, 0.1) is 0 Å². The van der Waals surface area contributed by atoms with E-state index in [-0.39, 0.29) is 10.4 Å². The number of hydrogen-bond acceptors (Lipinski definition) is 12. The summed E-state index contributed by atoms with van der Waals surface area (Å²) in [5.41, 5.74) is 3.46. The minimum Gasteiger partial charge on any atom is -0.394 e. The van der Waals surface area contributed by atoms with Gasteiger partial charge in [0.25, 0.3) is 0 Å². The predicted molar refractivity (Wildman–Crippen MR) is 88.7 cm³/mol. The molecule has 0 bridgehead atoms. The van der Waals surface area contributed by atoms with Crippen molar-refractivity contribution in [3.05, 3.63) is 16.7 Å². The predicted octanol–water partition coefficient (Wildman–Crippen LogP) is -3.57. The zero-order valence-electron chi connectivity index (χ0n) is 14.0. The Morgan fingerprint density at radius 2 is 1.90 bits per heavy atom. The van der Waals surface area contributed by atoms with Crippen molar-refractivity contribution in [3.8, 4) is 0 Å². The number of aromatic nitrogens is 4. The Hall–Kier alpha value is -1.91. The lowest BCUT2D eigenvalue weighted by molar-refractivity contribution is -0.0511. The molecule has 8 N–H and O–H groups in total. The molecule has 0 aliphatic carbocycles. The fourth-order valence-electron chi connectivity index (χ4n) is 2.60. The number of ether oxygens (including phenoxy) is 1. The van der Waals surface area contributed by atoms with E-state index in [0.29, 0.717) is 0 Å². The van der Waals surface area contributed by atoms with E-state index in [2.05, 4.69) is 18.9 Å². The normalized spacial score (nSPS) is 27.2. The molecule has 0 amide bonds. The van der Waals surface area contributed by atoms with Crippen LogP contribution in [-0.4, -0.2) is 74.2 Å². The maximum absolute atomic E-state index is 12.5. The highest BCUT2D eigenvalue weighted by molar-refractivity contribution is 7.60. The van der Waals surface area contributed by atoms with Gasteiger partial charge in [-0.3, -0.25) is 14.3 Å². The van der Waals surface area contributed by atoms with Crippen LogP contribution >= 0.6 is 15.6 Å². The van der Waals surface area contributed by atoms with Crippen LogP contribution in [0.1, 0.15) is 6.23 Å². The second-order valence-corrected chi connectivity index (χ2v) is 8.48. The molecular formula is C10H15N5O12P2. The molecule has 19 heteroatoms. The second kappa shape index (κ2) is 7.41. The van der Waals surface area contributed by atoms with E-state index >= 15 is 0 Å². The van der Waals surface area contributed by atoms with Crippen LogP contribution in [0.4, 0.5) is 5.95 Å². The molecule has 1 fully saturated rings. The zero-order chi connectivity index (χ0) is 21.7. The molecule has 0 spiro atoms. The molecular weight excluding hydrogens is 444 g/mol. The number of nitrogens with two attached hydrogens (primary N) is 1. The minimum absolute atomic E-state index is 0.0621. The number of anilines is 1. The van der Waals surface area contributed by atoms with E-state index in [9.17, 15) is 29.0 Å². The first-order chi connectivity index (χ1) is 13.3. The van der Waals surface area contributed by atoms with Crippen molar-refractivity contribution >= 4 is 32.8 Å². The second-order valence-electron chi connectivity index (χ2n) is 5.74. The topological polar surface area (TPSA) is 262 Å². The Balaban J connectivity index is 2.02. The fraction of sp³-hybridized carbons (Fsp3) is 0.500. The summed E-state index contributed by atoms with van der Waals surface area (Å²) >= 11 is 0. The number of aliphatic hydroxyl groups is 3. The number of rotatable bonds is 6. The van der Waals surface area contributed by atoms with Gasteiger partial charge in [-0.25, -0.2) is 14.1 Å². The van der Waals surface area contributed by atoms with Crippen molar-refractivity contribution in [2.24, 2.45) is 0 Å². The first kappa shape index (κ1) is 21.8. The number of phosphoric acid groups is 2. The maximum atomic E-state index is 12.5. The largest absolute Gasteiger partial charge is 0.555 e. The average molecular weight is 459 g/mol. The van der Waals surface area contributed by atoms with Crippen molar-refractivity contribution in [2.75, 3.05) is 12.3 Å². The van der Waals surface area contributed by atoms with Gasteiger partial charge in [0.15, 0.2) is 17.4 Å². The zero-order valence-corrected chi connectivity index (χ0v) is 15.8. The van der Waals surface area contributed by atoms with Crippen LogP contribution in [0.2, 0.25) is 0 Å². The lowest BCUT2D eigenvalue weighted by atomic mass is 10.1. The van der Waals surface area contributed by atoms with Gasteiger partial charge in [0, 0.05) is 0 Å². The average Bonchev–Trinajstić information content (AvgIpc) is 3.11. The first-order valence-corrected chi connectivity index (χ1v) is 10.5. The van der Waals surface area contributed by atoms with Crippen LogP contribution in [0.25, 0.3) is 11.2 Å². The van der Waals surface area contributed by atoms with Crippen LogP contribution in [0.15, 0.2) is 11.1 Å². The Kier molecular flexibility index (Phi) is 5.57. The van der Waals surface area contributed by atoms with Crippen LogP contribution < -0.4 is 15.9 Å². The van der Waals surface area contributed by atoms with Crippen LogP contribution in [0.3, 0.4) is 0 Å². The number of hydrogen-bond donors (Lipinski definition) is 7. The smallest absolute Gasteiger partial charge is 0.394 e. The maximum Gasteiger partial charge on any atom is 0.555 e. The van der Waals surface area contributed by atoms with Gasteiger partial charge >= 0.3 is 21.2 Å². The van der Waals surface area contributed by atoms with Gasteiger partial charge < -0.3 is 40.2 Å². The summed E-state index contributed by atoms with van der Waals surface area (Å²) in [6.45, 7) is -0.608. The Bertz CT molecular complexity index is 1080. The quantitative estimate of drug-likeness (QED) is 0.206. The lowest BCUT2D eigenvalue weighted by Gasteiger charge is -2.17. The van der Waals surface area contributed by atoms with Gasteiger partial charge in [0.2, 0.25) is 5.95 Å². The third kappa shape index (κ3) is 4.19. The Morgan fingerprint density at radius 1 is 1.24 bits per heavy atom. The molecule has 1 aliphatic rings. The van der Waals surface area contributed by atoms with Gasteiger partial charge in [-0.1, -0.05) is 4.73 Å². The summed E-state index contributed by atoms with van der Waals surface area (Å²) in [5.74, 6) is -0.848. The van der Waals surface area contributed by atoms with E-state index in [4.69, 9.17) is 25.4 Å². The van der Waals surface area contributed by atoms with Gasteiger partial charge in [-0.05, 0) is 0 Å². The van der Waals surface area contributed by atoms with Gasteiger partial charge in [0.1, 0.15) is 18.3 Å². The third-order valence-electron chi connectivity index (χ3n) is 3.77. The molecule has 3 rings (SSSR count). The van der Waals surface area contributed by atoms with E-state index in [1.807, 2.05) is 0 Å². The molecule has 17 nitrogen and oxygen atoms in total. The molecule has 5 atom stereocenters. The van der Waals surface area contributed by atoms with Crippen molar-refractivity contribution in [3.63, 3.8) is 0 Å². The molecule has 29 heavy (non-hydrogen) atoms. The molecule has 3 unspecified atom stereocenters. The van der Waals surface area contributed by atoms with Crippen molar-refractivity contribution in [1.82, 2.24) is 19.3 Å².